The van der Waals surface area contributed by atoms with Crippen LogP contribution in [0.15, 0.2) is 22.5 Å². The highest BCUT2D eigenvalue weighted by Gasteiger charge is 2.31. The van der Waals surface area contributed by atoms with Crippen molar-refractivity contribution in [3.63, 3.8) is 0 Å². The van der Waals surface area contributed by atoms with Crippen LogP contribution in [0.2, 0.25) is 0 Å². The van der Waals surface area contributed by atoms with Crippen molar-refractivity contribution in [2.75, 3.05) is 26.2 Å². The normalized spacial score (nSPS) is 17.1. The van der Waals surface area contributed by atoms with E-state index in [1.54, 1.807) is 14.5 Å². The van der Waals surface area contributed by atoms with Crippen LogP contribution < -0.4 is 0 Å². The minimum Gasteiger partial charge on any atom is -0.282 e. The lowest BCUT2D eigenvalue weighted by Gasteiger charge is -2.34. The van der Waals surface area contributed by atoms with E-state index in [9.17, 15) is 8.42 Å². The van der Waals surface area contributed by atoms with Gasteiger partial charge >= 0.3 is 0 Å². The van der Waals surface area contributed by atoms with Gasteiger partial charge in [-0.15, -0.1) is 0 Å². The van der Waals surface area contributed by atoms with Crippen molar-refractivity contribution in [1.82, 2.24) is 19.0 Å². The average molecular weight is 399 g/mol. The van der Waals surface area contributed by atoms with Gasteiger partial charge in [0.05, 0.1) is 11.6 Å². The quantitative estimate of drug-likeness (QED) is 0.741. The molecule has 1 aliphatic heterocycles. The van der Waals surface area contributed by atoms with E-state index in [1.165, 1.54) is 11.3 Å². The number of benzene rings is 1. The molecular weight excluding hydrogens is 376 g/mol. The first-order chi connectivity index (χ1) is 11.8. The Morgan fingerprint density at radius 3 is 2.24 bits per heavy atom. The van der Waals surface area contributed by atoms with Crippen LogP contribution in [0.3, 0.4) is 0 Å². The summed E-state index contributed by atoms with van der Waals surface area (Å²) in [6.45, 7) is 8.63. The number of aryl methyl sites for hydroxylation is 3. The Kier molecular flexibility index (Phi) is 5.40. The number of rotatable bonds is 4. The Bertz CT molecular complexity index is 902. The molecule has 0 spiro atoms. The first-order valence-corrected chi connectivity index (χ1v) is 10.8. The van der Waals surface area contributed by atoms with Crippen molar-refractivity contribution in [2.24, 2.45) is 0 Å². The maximum atomic E-state index is 13.1. The molecule has 0 aliphatic carbocycles. The molecule has 2 heterocycles. The molecular formula is C16H22N4O2S3. The van der Waals surface area contributed by atoms with Crippen molar-refractivity contribution in [1.29, 1.82) is 0 Å². The minimum atomic E-state index is -3.47. The second-order valence-electron chi connectivity index (χ2n) is 6.40. The van der Waals surface area contributed by atoms with Gasteiger partial charge in [-0.1, -0.05) is 29.0 Å². The lowest BCUT2D eigenvalue weighted by molar-refractivity contribution is 0.145. The van der Waals surface area contributed by atoms with Crippen molar-refractivity contribution < 1.29 is 8.42 Å². The van der Waals surface area contributed by atoms with Gasteiger partial charge in [-0.3, -0.25) is 4.90 Å². The number of aromatic nitrogens is 2. The molecule has 0 atom stereocenters. The summed E-state index contributed by atoms with van der Waals surface area (Å²) in [5, 5.41) is 4.21. The molecule has 1 aromatic heterocycles. The van der Waals surface area contributed by atoms with Gasteiger partial charge in [0, 0.05) is 26.2 Å². The molecule has 3 rings (SSSR count). The molecule has 1 aromatic carbocycles. The maximum Gasteiger partial charge on any atom is 0.243 e. The molecule has 136 valence electrons. The van der Waals surface area contributed by atoms with E-state index in [2.05, 4.69) is 10.00 Å². The summed E-state index contributed by atoms with van der Waals surface area (Å²) in [5.74, 6) is 0. The Morgan fingerprint density at radius 1 is 1.12 bits per heavy atom. The first-order valence-electron chi connectivity index (χ1n) is 8.10. The molecule has 0 radical (unpaired) electrons. The van der Waals surface area contributed by atoms with Gasteiger partial charge in [0.25, 0.3) is 0 Å². The zero-order valence-electron chi connectivity index (χ0n) is 14.6. The highest BCUT2D eigenvalue weighted by molar-refractivity contribution is 7.89. The molecule has 0 amide bonds. The third kappa shape index (κ3) is 3.85. The van der Waals surface area contributed by atoms with Gasteiger partial charge < -0.3 is 0 Å². The fourth-order valence-electron chi connectivity index (χ4n) is 3.33. The SMILES string of the molecule is Cc1cc(C)c(S(=O)(=O)N2CCN(Cn3ncsc3=S)CC2)c(C)c1. The van der Waals surface area contributed by atoms with Crippen LogP contribution in [0.25, 0.3) is 0 Å². The number of hydrogen-bond donors (Lipinski definition) is 0. The van der Waals surface area contributed by atoms with Crippen LogP contribution in [0.5, 0.6) is 0 Å². The lowest BCUT2D eigenvalue weighted by Crippen LogP contribution is -2.49. The van der Waals surface area contributed by atoms with E-state index < -0.39 is 10.0 Å². The maximum absolute atomic E-state index is 13.1. The molecule has 25 heavy (non-hydrogen) atoms. The van der Waals surface area contributed by atoms with E-state index in [0.29, 0.717) is 37.7 Å². The highest BCUT2D eigenvalue weighted by atomic mass is 32.2. The Hall–Kier alpha value is -1.13. The molecule has 0 bridgehead atoms. The van der Waals surface area contributed by atoms with Crippen LogP contribution in [0, 0.1) is 24.7 Å². The van der Waals surface area contributed by atoms with Crippen LogP contribution >= 0.6 is 23.6 Å². The third-order valence-corrected chi connectivity index (χ3v) is 7.73. The van der Waals surface area contributed by atoms with Gasteiger partial charge in [0.2, 0.25) is 10.0 Å². The summed E-state index contributed by atoms with van der Waals surface area (Å²) in [7, 11) is -3.47. The predicted octanol–water partition coefficient (Wildman–Crippen LogP) is 2.56. The highest BCUT2D eigenvalue weighted by Crippen LogP contribution is 2.26. The van der Waals surface area contributed by atoms with Gasteiger partial charge in [0.1, 0.15) is 5.51 Å². The molecule has 1 saturated heterocycles. The lowest BCUT2D eigenvalue weighted by atomic mass is 10.1. The number of sulfonamides is 1. The second kappa shape index (κ2) is 7.24. The number of nitrogens with zero attached hydrogens (tertiary/aromatic N) is 4. The summed E-state index contributed by atoms with van der Waals surface area (Å²) >= 11 is 6.66. The van der Waals surface area contributed by atoms with E-state index in [-0.39, 0.29) is 0 Å². The summed E-state index contributed by atoms with van der Waals surface area (Å²) in [5.41, 5.74) is 4.44. The Labute approximate surface area is 157 Å². The molecule has 1 aliphatic rings. The fraction of sp³-hybridized carbons (Fsp3) is 0.500. The summed E-state index contributed by atoms with van der Waals surface area (Å²) in [4.78, 5) is 2.63. The number of piperazine rings is 1. The summed E-state index contributed by atoms with van der Waals surface area (Å²) in [6, 6.07) is 3.86. The van der Waals surface area contributed by atoms with Gasteiger partial charge in [0.15, 0.2) is 3.95 Å². The molecule has 1 fully saturated rings. The topological polar surface area (TPSA) is 58.4 Å². The summed E-state index contributed by atoms with van der Waals surface area (Å²) < 4.78 is 30.3. The fourth-order valence-corrected chi connectivity index (χ4v) is 5.88. The summed E-state index contributed by atoms with van der Waals surface area (Å²) in [6.07, 6.45) is 0. The third-order valence-electron chi connectivity index (χ3n) is 4.42. The number of hydrogen-bond acceptors (Lipinski definition) is 6. The first kappa shape index (κ1) is 18.7. The molecule has 0 unspecified atom stereocenters. The second-order valence-corrected chi connectivity index (χ2v) is 9.75. The van der Waals surface area contributed by atoms with E-state index in [0.717, 1.165) is 20.6 Å². The van der Waals surface area contributed by atoms with Crippen LogP contribution in [-0.4, -0.2) is 53.6 Å². The van der Waals surface area contributed by atoms with E-state index in [1.807, 2.05) is 32.9 Å². The van der Waals surface area contributed by atoms with Crippen molar-refractivity contribution in [3.8, 4) is 0 Å². The Morgan fingerprint density at radius 2 is 1.72 bits per heavy atom. The minimum absolute atomic E-state index is 0.452. The van der Waals surface area contributed by atoms with E-state index in [4.69, 9.17) is 12.2 Å². The van der Waals surface area contributed by atoms with E-state index >= 15 is 0 Å². The smallest absolute Gasteiger partial charge is 0.243 e. The monoisotopic (exact) mass is 398 g/mol. The van der Waals surface area contributed by atoms with Crippen LogP contribution in [0.4, 0.5) is 0 Å². The average Bonchev–Trinajstić information content (AvgIpc) is 2.91. The zero-order valence-corrected chi connectivity index (χ0v) is 17.0. The van der Waals surface area contributed by atoms with Gasteiger partial charge in [-0.05, 0) is 44.1 Å². The standard InChI is InChI=1S/C16H22N4O2S3/c1-12-8-13(2)15(14(3)9-12)25(21,22)19-6-4-18(5-7-19)11-20-16(23)24-10-17-20/h8-10H,4-7,11H2,1-3H3. The molecule has 0 N–H and O–H groups in total. The molecule has 2 aromatic rings. The molecule has 9 heteroatoms. The van der Waals surface area contributed by atoms with Crippen molar-refractivity contribution in [3.05, 3.63) is 38.3 Å². The van der Waals surface area contributed by atoms with Gasteiger partial charge in [-0.2, -0.15) is 9.40 Å². The van der Waals surface area contributed by atoms with Crippen molar-refractivity contribution >= 4 is 33.6 Å². The largest absolute Gasteiger partial charge is 0.282 e. The van der Waals surface area contributed by atoms with Crippen LogP contribution in [0.1, 0.15) is 16.7 Å². The Balaban J connectivity index is 1.74. The zero-order chi connectivity index (χ0) is 18.2. The van der Waals surface area contributed by atoms with Crippen LogP contribution in [-0.2, 0) is 16.7 Å². The van der Waals surface area contributed by atoms with Crippen molar-refractivity contribution in [2.45, 2.75) is 32.3 Å². The van der Waals surface area contributed by atoms with Gasteiger partial charge in [-0.25, -0.2) is 13.1 Å². The predicted molar refractivity (Wildman–Crippen MR) is 102 cm³/mol. The molecule has 6 nitrogen and oxygen atoms in total. The molecule has 0 saturated carbocycles.